The van der Waals surface area contributed by atoms with Gasteiger partial charge in [-0.2, -0.15) is 0 Å². The van der Waals surface area contributed by atoms with Crippen molar-refractivity contribution in [2.24, 2.45) is 0 Å². The minimum absolute atomic E-state index is 0.225. The van der Waals surface area contributed by atoms with Crippen molar-refractivity contribution in [3.05, 3.63) is 35.9 Å². The molecule has 0 fully saturated rings. The maximum absolute atomic E-state index is 11.6. The van der Waals surface area contributed by atoms with E-state index < -0.39 is 28.8 Å². The highest BCUT2D eigenvalue weighted by molar-refractivity contribution is 7.84. The van der Waals surface area contributed by atoms with Crippen LogP contribution in [0.25, 0.3) is 0 Å². The Morgan fingerprint density at radius 2 is 1.95 bits per heavy atom. The molecule has 0 radical (unpaired) electrons. The van der Waals surface area contributed by atoms with E-state index in [2.05, 4.69) is 10.6 Å². The molecule has 0 aliphatic heterocycles. The van der Waals surface area contributed by atoms with Gasteiger partial charge in [0, 0.05) is 35.8 Å². The molecule has 0 saturated carbocycles. The topological polar surface area (TPSA) is 95.5 Å². The van der Waals surface area contributed by atoms with E-state index in [4.69, 9.17) is 5.11 Å². The quantitative estimate of drug-likeness (QED) is 0.617. The van der Waals surface area contributed by atoms with E-state index in [-0.39, 0.29) is 6.42 Å². The predicted octanol–water partition coefficient (Wildman–Crippen LogP) is 0.750. The zero-order chi connectivity index (χ0) is 15.7. The number of hydrogen-bond acceptors (Lipinski definition) is 3. The number of nitrogens with one attached hydrogen (secondary N) is 2. The summed E-state index contributed by atoms with van der Waals surface area (Å²) in [5.74, 6) is -0.573. The van der Waals surface area contributed by atoms with Crippen molar-refractivity contribution >= 4 is 22.8 Å². The first-order valence-electron chi connectivity index (χ1n) is 6.60. The number of urea groups is 1. The van der Waals surface area contributed by atoms with Gasteiger partial charge in [0.05, 0.1) is 0 Å². The maximum atomic E-state index is 11.6. The molecule has 116 valence electrons. The van der Waals surface area contributed by atoms with Crippen LogP contribution in [-0.2, 0) is 22.0 Å². The molecule has 0 aliphatic rings. The molecule has 3 N–H and O–H groups in total. The van der Waals surface area contributed by atoms with Gasteiger partial charge in [0.25, 0.3) is 0 Å². The smallest absolute Gasteiger partial charge is 0.326 e. The average Bonchev–Trinajstić information content (AvgIpc) is 2.44. The summed E-state index contributed by atoms with van der Waals surface area (Å²) in [7, 11) is -0.891. The Balaban J connectivity index is 2.41. The van der Waals surface area contributed by atoms with Crippen LogP contribution in [0.4, 0.5) is 4.79 Å². The zero-order valence-corrected chi connectivity index (χ0v) is 12.7. The van der Waals surface area contributed by atoms with Crippen molar-refractivity contribution in [2.45, 2.75) is 18.9 Å². The minimum atomic E-state index is -1.08. The summed E-state index contributed by atoms with van der Waals surface area (Å²) in [4.78, 5) is 22.8. The van der Waals surface area contributed by atoms with Crippen molar-refractivity contribution < 1.29 is 18.9 Å². The van der Waals surface area contributed by atoms with Gasteiger partial charge in [-0.1, -0.05) is 30.3 Å². The fourth-order valence-corrected chi connectivity index (χ4v) is 2.29. The Bertz CT molecular complexity index is 493. The van der Waals surface area contributed by atoms with Gasteiger partial charge in [-0.15, -0.1) is 0 Å². The van der Waals surface area contributed by atoms with E-state index in [0.29, 0.717) is 18.7 Å². The minimum Gasteiger partial charge on any atom is -0.480 e. The molecule has 6 nitrogen and oxygen atoms in total. The average molecular weight is 312 g/mol. The van der Waals surface area contributed by atoms with Crippen LogP contribution in [0.1, 0.15) is 12.0 Å². The van der Waals surface area contributed by atoms with Gasteiger partial charge in [0.1, 0.15) is 6.04 Å². The largest absolute Gasteiger partial charge is 0.480 e. The number of carboxylic acids is 1. The summed E-state index contributed by atoms with van der Waals surface area (Å²) in [6.45, 7) is 0.364. The van der Waals surface area contributed by atoms with Crippen LogP contribution < -0.4 is 10.6 Å². The number of rotatable bonds is 8. The third-order valence-corrected chi connectivity index (χ3v) is 3.64. The summed E-state index contributed by atoms with van der Waals surface area (Å²) >= 11 is 0. The first-order chi connectivity index (χ1) is 9.99. The van der Waals surface area contributed by atoms with Gasteiger partial charge in [0.2, 0.25) is 0 Å². The number of aliphatic carboxylic acids is 1. The highest BCUT2D eigenvalue weighted by atomic mass is 32.2. The number of carbonyl (C=O) groups is 2. The van der Waals surface area contributed by atoms with Gasteiger partial charge < -0.3 is 15.7 Å². The second kappa shape index (κ2) is 9.12. The molecule has 1 aromatic carbocycles. The Morgan fingerprint density at radius 3 is 2.52 bits per heavy atom. The van der Waals surface area contributed by atoms with Crippen molar-refractivity contribution in [1.29, 1.82) is 0 Å². The van der Waals surface area contributed by atoms with Gasteiger partial charge in [-0.05, 0) is 12.0 Å². The zero-order valence-electron chi connectivity index (χ0n) is 11.9. The maximum Gasteiger partial charge on any atom is 0.326 e. The van der Waals surface area contributed by atoms with Crippen LogP contribution in [0.2, 0.25) is 0 Å². The Kier molecular flexibility index (Phi) is 7.45. The molecule has 0 aromatic heterocycles. The van der Waals surface area contributed by atoms with Crippen molar-refractivity contribution in [2.75, 3.05) is 18.6 Å². The Morgan fingerprint density at radius 1 is 1.29 bits per heavy atom. The number of benzene rings is 1. The first kappa shape index (κ1) is 17.2. The molecule has 1 rings (SSSR count). The number of hydrogen-bond donors (Lipinski definition) is 3. The monoisotopic (exact) mass is 312 g/mol. The van der Waals surface area contributed by atoms with Crippen LogP contribution in [-0.4, -0.2) is 45.9 Å². The molecule has 0 saturated heterocycles. The second-order valence-corrected chi connectivity index (χ2v) is 6.17. The fourth-order valence-electron chi connectivity index (χ4n) is 1.74. The van der Waals surface area contributed by atoms with Gasteiger partial charge in [0.15, 0.2) is 0 Å². The first-order valence-corrected chi connectivity index (χ1v) is 8.33. The van der Waals surface area contributed by atoms with Crippen molar-refractivity contribution in [3.8, 4) is 0 Å². The highest BCUT2D eigenvalue weighted by Crippen LogP contribution is 2.03. The van der Waals surface area contributed by atoms with Gasteiger partial charge in [-0.3, -0.25) is 4.21 Å². The SMILES string of the molecule is CS(=O)CCCNC(=O)N[C@@H](Cc1ccccc1)C(=O)O. The molecule has 7 heteroatoms. The van der Waals surface area contributed by atoms with E-state index in [0.717, 1.165) is 5.56 Å². The molecule has 0 bridgehead atoms. The third-order valence-electron chi connectivity index (χ3n) is 2.78. The Labute approximate surface area is 126 Å². The lowest BCUT2D eigenvalue weighted by Crippen LogP contribution is -2.47. The van der Waals surface area contributed by atoms with E-state index in [1.807, 2.05) is 30.3 Å². The number of carboxylic acid groups (broad SMARTS) is 1. The fraction of sp³-hybridized carbons (Fsp3) is 0.429. The molecule has 0 heterocycles. The lowest BCUT2D eigenvalue weighted by Gasteiger charge is -2.15. The van der Waals surface area contributed by atoms with Crippen LogP contribution in [0, 0.1) is 0 Å². The Hall–Kier alpha value is -1.89. The third kappa shape index (κ3) is 7.45. The summed E-state index contributed by atoms with van der Waals surface area (Å²) in [6, 6.07) is 7.60. The van der Waals surface area contributed by atoms with Crippen LogP contribution in [0.5, 0.6) is 0 Å². The van der Waals surface area contributed by atoms with Crippen LogP contribution in [0.3, 0.4) is 0 Å². The summed E-state index contributed by atoms with van der Waals surface area (Å²) in [5, 5.41) is 14.1. The normalized spacial score (nSPS) is 13.2. The lowest BCUT2D eigenvalue weighted by atomic mass is 10.1. The number of carbonyl (C=O) groups excluding carboxylic acids is 1. The van der Waals surface area contributed by atoms with Crippen molar-refractivity contribution in [3.63, 3.8) is 0 Å². The van der Waals surface area contributed by atoms with Crippen molar-refractivity contribution in [1.82, 2.24) is 10.6 Å². The molecular formula is C14H20N2O4S. The summed E-state index contributed by atoms with van der Waals surface area (Å²) < 4.78 is 10.9. The molecule has 2 atom stereocenters. The number of amides is 2. The molecule has 1 unspecified atom stereocenters. The standard InChI is InChI=1S/C14H20N2O4S/c1-21(20)9-5-8-15-14(19)16-12(13(17)18)10-11-6-3-2-4-7-11/h2-4,6-7,12H,5,8-10H2,1H3,(H,17,18)(H2,15,16,19)/t12-,21?/m0/s1. The molecule has 21 heavy (non-hydrogen) atoms. The highest BCUT2D eigenvalue weighted by Gasteiger charge is 2.19. The molecule has 0 aliphatic carbocycles. The molecule has 1 aromatic rings. The molecule has 2 amide bonds. The molecular weight excluding hydrogens is 292 g/mol. The van der Waals surface area contributed by atoms with E-state index >= 15 is 0 Å². The molecule has 0 spiro atoms. The summed E-state index contributed by atoms with van der Waals surface area (Å²) in [6.07, 6.45) is 2.41. The van der Waals surface area contributed by atoms with Crippen LogP contribution >= 0.6 is 0 Å². The van der Waals surface area contributed by atoms with E-state index in [1.54, 1.807) is 6.26 Å². The lowest BCUT2D eigenvalue weighted by molar-refractivity contribution is -0.139. The van der Waals surface area contributed by atoms with Gasteiger partial charge >= 0.3 is 12.0 Å². The predicted molar refractivity (Wildman–Crippen MR) is 81.7 cm³/mol. The van der Waals surface area contributed by atoms with E-state index in [1.165, 1.54) is 0 Å². The second-order valence-electron chi connectivity index (χ2n) is 4.61. The van der Waals surface area contributed by atoms with Crippen LogP contribution in [0.15, 0.2) is 30.3 Å². The summed E-state index contributed by atoms with van der Waals surface area (Å²) in [5.41, 5.74) is 0.839. The van der Waals surface area contributed by atoms with E-state index in [9.17, 15) is 13.8 Å². The van der Waals surface area contributed by atoms with Gasteiger partial charge in [-0.25, -0.2) is 9.59 Å².